The molecule has 1 aliphatic rings. The SMILES string of the molecule is NCC(=O)NCC(=O)N1CCC(OCC(=O)O)CC1. The molecule has 0 atom stereocenters. The van der Waals surface area contributed by atoms with Gasteiger partial charge < -0.3 is 25.8 Å². The molecule has 0 aliphatic carbocycles. The fourth-order valence-electron chi connectivity index (χ4n) is 1.82. The number of hydrogen-bond donors (Lipinski definition) is 3. The van der Waals surface area contributed by atoms with E-state index in [4.69, 9.17) is 15.6 Å². The fourth-order valence-corrected chi connectivity index (χ4v) is 1.82. The molecule has 0 aromatic rings. The molecule has 8 heteroatoms. The molecule has 1 fully saturated rings. The second kappa shape index (κ2) is 7.70. The van der Waals surface area contributed by atoms with Gasteiger partial charge in [-0.1, -0.05) is 0 Å². The number of likely N-dealkylation sites (tertiary alicyclic amines) is 1. The number of rotatable bonds is 6. The Bertz CT molecular complexity index is 339. The van der Waals surface area contributed by atoms with E-state index in [1.807, 2.05) is 0 Å². The average molecular weight is 273 g/mol. The lowest BCUT2D eigenvalue weighted by Crippen LogP contribution is -2.46. The number of nitrogens with one attached hydrogen (secondary N) is 1. The zero-order chi connectivity index (χ0) is 14.3. The first kappa shape index (κ1) is 15.4. The van der Waals surface area contributed by atoms with Crippen LogP contribution in [0.15, 0.2) is 0 Å². The molecule has 0 saturated carbocycles. The van der Waals surface area contributed by atoms with E-state index in [1.54, 1.807) is 4.90 Å². The molecule has 0 spiro atoms. The summed E-state index contributed by atoms with van der Waals surface area (Å²) in [5.41, 5.74) is 5.11. The highest BCUT2D eigenvalue weighted by molar-refractivity contribution is 5.85. The molecule has 0 aromatic carbocycles. The van der Waals surface area contributed by atoms with Gasteiger partial charge in [-0.2, -0.15) is 0 Å². The zero-order valence-corrected chi connectivity index (χ0v) is 10.6. The first-order chi connectivity index (χ1) is 9.02. The van der Waals surface area contributed by atoms with E-state index in [0.717, 1.165) is 0 Å². The average Bonchev–Trinajstić information content (AvgIpc) is 2.42. The first-order valence-corrected chi connectivity index (χ1v) is 6.11. The molecule has 4 N–H and O–H groups in total. The summed E-state index contributed by atoms with van der Waals surface area (Å²) in [6, 6.07) is 0. The van der Waals surface area contributed by atoms with E-state index in [1.165, 1.54) is 0 Å². The lowest BCUT2D eigenvalue weighted by molar-refractivity contribution is -0.146. The van der Waals surface area contributed by atoms with E-state index in [0.29, 0.717) is 25.9 Å². The summed E-state index contributed by atoms with van der Waals surface area (Å²) in [7, 11) is 0. The van der Waals surface area contributed by atoms with Crippen LogP contribution in [0.4, 0.5) is 0 Å². The quantitative estimate of drug-likeness (QED) is 0.522. The van der Waals surface area contributed by atoms with Crippen LogP contribution in [-0.4, -0.2) is 66.7 Å². The first-order valence-electron chi connectivity index (χ1n) is 6.11. The van der Waals surface area contributed by atoms with Crippen molar-refractivity contribution in [1.29, 1.82) is 0 Å². The Morgan fingerprint density at radius 2 is 1.95 bits per heavy atom. The van der Waals surface area contributed by atoms with E-state index >= 15 is 0 Å². The normalized spacial score (nSPS) is 16.2. The minimum absolute atomic E-state index is 0.0588. The number of nitrogens with zero attached hydrogens (tertiary/aromatic N) is 1. The van der Waals surface area contributed by atoms with Gasteiger partial charge in [0.05, 0.1) is 19.2 Å². The van der Waals surface area contributed by atoms with Gasteiger partial charge in [0.1, 0.15) is 6.61 Å². The van der Waals surface area contributed by atoms with Crippen molar-refractivity contribution < 1.29 is 24.2 Å². The van der Waals surface area contributed by atoms with Gasteiger partial charge in [0, 0.05) is 13.1 Å². The summed E-state index contributed by atoms with van der Waals surface area (Å²) in [6.45, 7) is 0.490. The summed E-state index contributed by atoms with van der Waals surface area (Å²) < 4.78 is 5.16. The van der Waals surface area contributed by atoms with Gasteiger partial charge in [-0.05, 0) is 12.8 Å². The molecular weight excluding hydrogens is 254 g/mol. The maximum atomic E-state index is 11.7. The number of amides is 2. The van der Waals surface area contributed by atoms with Crippen molar-refractivity contribution >= 4 is 17.8 Å². The third kappa shape index (κ3) is 5.66. The van der Waals surface area contributed by atoms with Gasteiger partial charge >= 0.3 is 5.97 Å². The molecule has 1 rings (SSSR count). The van der Waals surface area contributed by atoms with Crippen LogP contribution in [-0.2, 0) is 19.1 Å². The number of carboxylic acid groups (broad SMARTS) is 1. The summed E-state index contributed by atoms with van der Waals surface area (Å²) in [6.07, 6.45) is 1.08. The van der Waals surface area contributed by atoms with Crippen molar-refractivity contribution in [2.45, 2.75) is 18.9 Å². The van der Waals surface area contributed by atoms with Crippen LogP contribution in [0.2, 0.25) is 0 Å². The molecule has 2 amide bonds. The van der Waals surface area contributed by atoms with Crippen LogP contribution in [0.1, 0.15) is 12.8 Å². The van der Waals surface area contributed by atoms with Crippen molar-refractivity contribution in [3.63, 3.8) is 0 Å². The molecule has 1 saturated heterocycles. The lowest BCUT2D eigenvalue weighted by Gasteiger charge is -2.31. The van der Waals surface area contributed by atoms with Crippen LogP contribution in [0, 0.1) is 0 Å². The summed E-state index contributed by atoms with van der Waals surface area (Å²) >= 11 is 0. The number of aliphatic carboxylic acids is 1. The minimum atomic E-state index is -0.997. The van der Waals surface area contributed by atoms with E-state index in [9.17, 15) is 14.4 Å². The Morgan fingerprint density at radius 1 is 1.32 bits per heavy atom. The van der Waals surface area contributed by atoms with Crippen molar-refractivity contribution in [3.8, 4) is 0 Å². The van der Waals surface area contributed by atoms with Crippen LogP contribution in [0.3, 0.4) is 0 Å². The highest BCUT2D eigenvalue weighted by Crippen LogP contribution is 2.13. The molecule has 0 unspecified atom stereocenters. The number of ether oxygens (including phenoxy) is 1. The second-order valence-corrected chi connectivity index (χ2v) is 4.27. The molecule has 19 heavy (non-hydrogen) atoms. The van der Waals surface area contributed by atoms with Gasteiger partial charge in [-0.3, -0.25) is 9.59 Å². The number of carboxylic acids is 1. The Kier molecular flexibility index (Phi) is 6.23. The zero-order valence-electron chi connectivity index (χ0n) is 10.6. The summed E-state index contributed by atoms with van der Waals surface area (Å²) in [5.74, 6) is -1.53. The van der Waals surface area contributed by atoms with Crippen molar-refractivity contribution in [3.05, 3.63) is 0 Å². The maximum Gasteiger partial charge on any atom is 0.329 e. The van der Waals surface area contributed by atoms with Gasteiger partial charge in [0.25, 0.3) is 0 Å². The van der Waals surface area contributed by atoms with Gasteiger partial charge in [-0.15, -0.1) is 0 Å². The third-order valence-corrected chi connectivity index (χ3v) is 2.86. The highest BCUT2D eigenvalue weighted by atomic mass is 16.5. The largest absolute Gasteiger partial charge is 0.480 e. The van der Waals surface area contributed by atoms with Gasteiger partial charge in [0.15, 0.2) is 0 Å². The minimum Gasteiger partial charge on any atom is -0.480 e. The molecule has 8 nitrogen and oxygen atoms in total. The monoisotopic (exact) mass is 273 g/mol. The van der Waals surface area contributed by atoms with Crippen molar-refractivity contribution in [1.82, 2.24) is 10.2 Å². The second-order valence-electron chi connectivity index (χ2n) is 4.27. The number of carbonyl (C=O) groups excluding carboxylic acids is 2. The van der Waals surface area contributed by atoms with Crippen molar-refractivity contribution in [2.75, 3.05) is 32.8 Å². The molecule has 0 radical (unpaired) electrons. The number of hydrogen-bond acceptors (Lipinski definition) is 5. The van der Waals surface area contributed by atoms with E-state index in [-0.39, 0.29) is 37.6 Å². The number of piperidine rings is 1. The Hall–Kier alpha value is -1.67. The van der Waals surface area contributed by atoms with Crippen LogP contribution < -0.4 is 11.1 Å². The predicted molar refractivity (Wildman–Crippen MR) is 65.3 cm³/mol. The van der Waals surface area contributed by atoms with Gasteiger partial charge in [0.2, 0.25) is 11.8 Å². The molecular formula is C11H19N3O5. The Balaban J connectivity index is 2.23. The van der Waals surface area contributed by atoms with Gasteiger partial charge in [-0.25, -0.2) is 4.79 Å². The predicted octanol–water partition coefficient (Wildman–Crippen LogP) is -1.85. The highest BCUT2D eigenvalue weighted by Gasteiger charge is 2.23. The third-order valence-electron chi connectivity index (χ3n) is 2.86. The molecule has 1 heterocycles. The van der Waals surface area contributed by atoms with E-state index in [2.05, 4.69) is 5.32 Å². The summed E-state index contributed by atoms with van der Waals surface area (Å²) in [4.78, 5) is 34.6. The lowest BCUT2D eigenvalue weighted by atomic mass is 10.1. The maximum absolute atomic E-state index is 11.7. The topological polar surface area (TPSA) is 122 Å². The van der Waals surface area contributed by atoms with E-state index < -0.39 is 5.97 Å². The number of nitrogens with two attached hydrogens (primary N) is 1. The standard InChI is InChI=1S/C11H19N3O5/c12-5-9(15)13-6-10(16)14-3-1-8(2-4-14)19-7-11(17)18/h8H,1-7,12H2,(H,13,15)(H,17,18). The Labute approximate surface area is 110 Å². The number of carbonyl (C=O) groups is 3. The molecule has 0 aromatic heterocycles. The summed E-state index contributed by atoms with van der Waals surface area (Å²) in [5, 5.41) is 10.9. The Morgan fingerprint density at radius 3 is 2.47 bits per heavy atom. The molecule has 0 bridgehead atoms. The van der Waals surface area contributed by atoms with Crippen LogP contribution in [0.5, 0.6) is 0 Å². The van der Waals surface area contributed by atoms with Crippen LogP contribution in [0.25, 0.3) is 0 Å². The van der Waals surface area contributed by atoms with Crippen molar-refractivity contribution in [2.24, 2.45) is 5.73 Å². The fraction of sp³-hybridized carbons (Fsp3) is 0.727. The molecule has 108 valence electrons. The smallest absolute Gasteiger partial charge is 0.329 e. The molecule has 1 aliphatic heterocycles. The van der Waals surface area contributed by atoms with Crippen LogP contribution >= 0.6 is 0 Å².